The summed E-state index contributed by atoms with van der Waals surface area (Å²) >= 11 is 0. The van der Waals surface area contributed by atoms with Crippen LogP contribution in [0.25, 0.3) is 0 Å². The molecule has 1 N–H and O–H groups in total. The van der Waals surface area contributed by atoms with Crippen molar-refractivity contribution in [3.8, 4) is 0 Å². The van der Waals surface area contributed by atoms with Crippen LogP contribution in [0.4, 0.5) is 0 Å². The first-order chi connectivity index (χ1) is 12.7. The standard InChI is InChI=1S/C19H33N5O2.HI/c1-4-20-19(21-12-17-11-18(15(2)3)22-26-17)24-6-5-16(14-24)13-23-7-9-25-10-8-23;/h11,15-16H,4-10,12-14H2,1-3H3,(H,20,21);1H. The fourth-order valence-corrected chi connectivity index (χ4v) is 3.58. The highest BCUT2D eigenvalue weighted by atomic mass is 127. The number of rotatable bonds is 6. The van der Waals surface area contributed by atoms with E-state index in [-0.39, 0.29) is 24.0 Å². The second kappa shape index (κ2) is 11.2. The third kappa shape index (κ3) is 6.60. The molecule has 3 rings (SSSR count). The zero-order valence-corrected chi connectivity index (χ0v) is 19.1. The number of nitrogens with one attached hydrogen (secondary N) is 1. The van der Waals surface area contributed by atoms with Crippen molar-refractivity contribution in [1.29, 1.82) is 0 Å². The smallest absolute Gasteiger partial charge is 0.194 e. The van der Waals surface area contributed by atoms with Crippen LogP contribution in [-0.2, 0) is 11.3 Å². The first-order valence-corrected chi connectivity index (χ1v) is 9.94. The highest BCUT2D eigenvalue weighted by molar-refractivity contribution is 14.0. The summed E-state index contributed by atoms with van der Waals surface area (Å²) in [5.41, 5.74) is 0.993. The van der Waals surface area contributed by atoms with Crippen molar-refractivity contribution in [3.05, 3.63) is 17.5 Å². The van der Waals surface area contributed by atoms with Crippen LogP contribution in [0.5, 0.6) is 0 Å². The average molecular weight is 491 g/mol. The Hall–Kier alpha value is -0.870. The van der Waals surface area contributed by atoms with E-state index in [9.17, 15) is 0 Å². The minimum atomic E-state index is 0. The lowest BCUT2D eigenvalue weighted by Crippen LogP contribution is -2.42. The van der Waals surface area contributed by atoms with Crippen LogP contribution in [0.2, 0.25) is 0 Å². The van der Waals surface area contributed by atoms with Gasteiger partial charge in [0.1, 0.15) is 6.54 Å². The molecule has 2 fully saturated rings. The maximum absolute atomic E-state index is 5.45. The van der Waals surface area contributed by atoms with Gasteiger partial charge in [0.2, 0.25) is 0 Å². The van der Waals surface area contributed by atoms with Crippen molar-refractivity contribution in [3.63, 3.8) is 0 Å². The summed E-state index contributed by atoms with van der Waals surface area (Å²) in [5.74, 6) is 2.90. The van der Waals surface area contributed by atoms with Gasteiger partial charge in [-0.2, -0.15) is 0 Å². The number of ether oxygens (including phenoxy) is 1. The SMILES string of the molecule is CCNC(=NCc1cc(C(C)C)no1)N1CCC(CN2CCOCC2)C1.I. The number of likely N-dealkylation sites (tertiary alicyclic amines) is 1. The molecule has 8 heteroatoms. The molecule has 0 spiro atoms. The van der Waals surface area contributed by atoms with Gasteiger partial charge >= 0.3 is 0 Å². The van der Waals surface area contributed by atoms with Crippen LogP contribution in [0.1, 0.15) is 44.6 Å². The van der Waals surface area contributed by atoms with Gasteiger partial charge in [-0.3, -0.25) is 4.90 Å². The average Bonchev–Trinajstić information content (AvgIpc) is 3.29. The first-order valence-electron chi connectivity index (χ1n) is 9.94. The van der Waals surface area contributed by atoms with E-state index in [1.807, 2.05) is 6.07 Å². The van der Waals surface area contributed by atoms with Gasteiger partial charge in [0.25, 0.3) is 0 Å². The lowest BCUT2D eigenvalue weighted by Gasteiger charge is -2.29. The highest BCUT2D eigenvalue weighted by Crippen LogP contribution is 2.19. The summed E-state index contributed by atoms with van der Waals surface area (Å²) in [6.45, 7) is 14.9. The Morgan fingerprint density at radius 1 is 1.33 bits per heavy atom. The number of aromatic nitrogens is 1. The zero-order chi connectivity index (χ0) is 18.4. The lowest BCUT2D eigenvalue weighted by atomic mass is 10.1. The van der Waals surface area contributed by atoms with Gasteiger partial charge in [0.15, 0.2) is 11.7 Å². The quantitative estimate of drug-likeness (QED) is 0.375. The molecule has 2 aliphatic heterocycles. The van der Waals surface area contributed by atoms with Crippen LogP contribution in [0.15, 0.2) is 15.6 Å². The summed E-state index contributed by atoms with van der Waals surface area (Å²) in [6.07, 6.45) is 1.22. The van der Waals surface area contributed by atoms with Gasteiger partial charge in [-0.15, -0.1) is 24.0 Å². The molecular weight excluding hydrogens is 457 g/mol. The molecule has 27 heavy (non-hydrogen) atoms. The molecule has 0 amide bonds. The van der Waals surface area contributed by atoms with Gasteiger partial charge in [0.05, 0.1) is 18.9 Å². The van der Waals surface area contributed by atoms with Crippen molar-refractivity contribution in [2.75, 3.05) is 52.5 Å². The van der Waals surface area contributed by atoms with Crippen LogP contribution >= 0.6 is 24.0 Å². The van der Waals surface area contributed by atoms with Gasteiger partial charge in [0, 0.05) is 45.3 Å². The zero-order valence-electron chi connectivity index (χ0n) is 16.8. The van der Waals surface area contributed by atoms with Crippen LogP contribution in [0, 0.1) is 5.92 Å². The minimum absolute atomic E-state index is 0. The molecule has 154 valence electrons. The molecule has 2 aliphatic rings. The molecule has 1 atom stereocenters. The Bertz CT molecular complexity index is 586. The van der Waals surface area contributed by atoms with Gasteiger partial charge in [-0.1, -0.05) is 19.0 Å². The van der Waals surface area contributed by atoms with Crippen LogP contribution in [0.3, 0.4) is 0 Å². The number of guanidine groups is 1. The second-order valence-corrected chi connectivity index (χ2v) is 7.56. The summed E-state index contributed by atoms with van der Waals surface area (Å²) in [7, 11) is 0. The first kappa shape index (κ1) is 22.4. The van der Waals surface area contributed by atoms with Crippen LogP contribution in [-0.4, -0.2) is 73.4 Å². The van der Waals surface area contributed by atoms with Gasteiger partial charge in [-0.25, -0.2) is 4.99 Å². The summed E-state index contributed by atoms with van der Waals surface area (Å²) in [5, 5.41) is 7.55. The Kier molecular flexibility index (Phi) is 9.31. The third-order valence-electron chi connectivity index (χ3n) is 5.09. The van der Waals surface area contributed by atoms with E-state index < -0.39 is 0 Å². The maximum Gasteiger partial charge on any atom is 0.194 e. The second-order valence-electron chi connectivity index (χ2n) is 7.56. The summed E-state index contributed by atoms with van der Waals surface area (Å²) in [4.78, 5) is 9.70. The Morgan fingerprint density at radius 2 is 2.11 bits per heavy atom. The Balaban J connectivity index is 0.00000261. The fourth-order valence-electron chi connectivity index (χ4n) is 3.58. The largest absolute Gasteiger partial charge is 0.379 e. The number of morpholine rings is 1. The lowest BCUT2D eigenvalue weighted by molar-refractivity contribution is 0.0315. The molecular formula is C19H34IN5O2. The highest BCUT2D eigenvalue weighted by Gasteiger charge is 2.27. The molecule has 1 unspecified atom stereocenters. The Morgan fingerprint density at radius 3 is 2.78 bits per heavy atom. The molecule has 0 bridgehead atoms. The number of halogens is 1. The molecule has 0 radical (unpaired) electrons. The maximum atomic E-state index is 5.45. The van der Waals surface area contributed by atoms with Crippen molar-refractivity contribution in [2.24, 2.45) is 10.9 Å². The molecule has 1 aromatic rings. The normalized spacial score (nSPS) is 21.6. The topological polar surface area (TPSA) is 66.1 Å². The molecule has 0 aromatic carbocycles. The monoisotopic (exact) mass is 491 g/mol. The van der Waals surface area contributed by atoms with Crippen molar-refractivity contribution >= 4 is 29.9 Å². The van der Waals surface area contributed by atoms with Crippen molar-refractivity contribution in [2.45, 2.75) is 39.7 Å². The summed E-state index contributed by atoms with van der Waals surface area (Å²) in [6, 6.07) is 2.02. The number of hydrogen-bond acceptors (Lipinski definition) is 5. The van der Waals surface area contributed by atoms with E-state index >= 15 is 0 Å². The predicted octanol–water partition coefficient (Wildman–Crippen LogP) is 2.54. The van der Waals surface area contributed by atoms with E-state index in [4.69, 9.17) is 14.3 Å². The van der Waals surface area contributed by atoms with E-state index in [2.05, 4.69) is 41.0 Å². The van der Waals surface area contributed by atoms with Gasteiger partial charge < -0.3 is 19.5 Å². The molecule has 2 saturated heterocycles. The van der Waals surface area contributed by atoms with E-state index in [1.54, 1.807) is 0 Å². The number of hydrogen-bond donors (Lipinski definition) is 1. The fraction of sp³-hybridized carbons (Fsp3) is 0.789. The van der Waals surface area contributed by atoms with Crippen molar-refractivity contribution in [1.82, 2.24) is 20.3 Å². The molecule has 7 nitrogen and oxygen atoms in total. The van der Waals surface area contributed by atoms with Crippen LogP contribution < -0.4 is 5.32 Å². The van der Waals surface area contributed by atoms with E-state index in [0.29, 0.717) is 18.4 Å². The minimum Gasteiger partial charge on any atom is -0.379 e. The molecule has 0 saturated carbocycles. The molecule has 1 aromatic heterocycles. The molecule has 0 aliphatic carbocycles. The number of aliphatic imine (C=N–C) groups is 1. The summed E-state index contributed by atoms with van der Waals surface area (Å²) < 4.78 is 10.9. The third-order valence-corrected chi connectivity index (χ3v) is 5.09. The molecule has 3 heterocycles. The number of nitrogens with zero attached hydrogens (tertiary/aromatic N) is 4. The van der Waals surface area contributed by atoms with E-state index in [0.717, 1.165) is 63.4 Å². The predicted molar refractivity (Wildman–Crippen MR) is 118 cm³/mol. The van der Waals surface area contributed by atoms with Crippen molar-refractivity contribution < 1.29 is 9.26 Å². The van der Waals surface area contributed by atoms with E-state index in [1.165, 1.54) is 13.0 Å². The van der Waals surface area contributed by atoms with Gasteiger partial charge in [-0.05, 0) is 25.2 Å². The Labute approximate surface area is 179 Å².